The Hall–Kier alpha value is -3.10. The van der Waals surface area contributed by atoms with E-state index >= 15 is 0 Å². The number of halogens is 2. The molecule has 1 N–H and O–H groups in total. The fraction of sp³-hybridized carbons (Fsp3) is 0.304. The number of aliphatic hydroxyl groups is 1. The van der Waals surface area contributed by atoms with E-state index in [1.807, 2.05) is 19.0 Å². The van der Waals surface area contributed by atoms with Gasteiger partial charge in [0, 0.05) is 19.2 Å². The molecule has 1 aliphatic rings. The van der Waals surface area contributed by atoms with Crippen molar-refractivity contribution >= 4 is 29.1 Å². The zero-order valence-corrected chi connectivity index (χ0v) is 18.9. The van der Waals surface area contributed by atoms with Crippen molar-refractivity contribution in [3.63, 3.8) is 0 Å². The minimum Gasteiger partial charge on any atom is -0.507 e. The fourth-order valence-corrected chi connectivity index (χ4v) is 3.83. The third-order valence-electron chi connectivity index (χ3n) is 5.24. The minimum absolute atomic E-state index is 0.122. The number of benzene rings is 2. The summed E-state index contributed by atoms with van der Waals surface area (Å²) >= 11 is 6.16. The molecule has 7 nitrogen and oxygen atoms in total. The second-order valence-electron chi connectivity index (χ2n) is 7.53. The molecule has 1 heterocycles. The number of carbonyl (C=O) groups excluding carboxylic acids is 2. The van der Waals surface area contributed by atoms with Gasteiger partial charge < -0.3 is 24.4 Å². The monoisotopic (exact) mass is 462 g/mol. The molecular formula is C23H24ClFN2O5. The van der Waals surface area contributed by atoms with Crippen LogP contribution in [-0.4, -0.2) is 68.0 Å². The van der Waals surface area contributed by atoms with E-state index in [0.717, 1.165) is 0 Å². The first-order valence-corrected chi connectivity index (χ1v) is 10.2. The number of ether oxygens (including phenoxy) is 2. The molecule has 3 rings (SSSR count). The number of rotatable bonds is 7. The Bertz CT molecular complexity index is 1070. The van der Waals surface area contributed by atoms with Crippen LogP contribution >= 0.6 is 11.6 Å². The van der Waals surface area contributed by atoms with Gasteiger partial charge in [-0.25, -0.2) is 4.39 Å². The molecule has 0 bridgehead atoms. The number of likely N-dealkylation sites (tertiary alicyclic amines) is 1. The fourth-order valence-electron chi connectivity index (χ4n) is 3.60. The van der Waals surface area contributed by atoms with E-state index in [2.05, 4.69) is 0 Å². The Morgan fingerprint density at radius 2 is 1.75 bits per heavy atom. The van der Waals surface area contributed by atoms with Gasteiger partial charge in [-0.3, -0.25) is 9.59 Å². The van der Waals surface area contributed by atoms with Crippen molar-refractivity contribution in [3.8, 4) is 11.5 Å². The minimum atomic E-state index is -0.901. The molecule has 2 aromatic carbocycles. The van der Waals surface area contributed by atoms with E-state index in [-0.39, 0.29) is 34.2 Å². The highest BCUT2D eigenvalue weighted by molar-refractivity contribution is 6.46. The molecule has 1 aliphatic heterocycles. The summed E-state index contributed by atoms with van der Waals surface area (Å²) in [6, 6.07) is 7.45. The van der Waals surface area contributed by atoms with Crippen molar-refractivity contribution < 1.29 is 28.6 Å². The number of nitrogens with zero attached hydrogens (tertiary/aromatic N) is 2. The summed E-state index contributed by atoms with van der Waals surface area (Å²) in [4.78, 5) is 29.2. The smallest absolute Gasteiger partial charge is 0.295 e. The summed E-state index contributed by atoms with van der Waals surface area (Å²) in [5.41, 5.74) is 0.514. The van der Waals surface area contributed by atoms with Crippen LogP contribution in [0.2, 0.25) is 5.02 Å². The number of hydrogen-bond donors (Lipinski definition) is 1. The molecule has 1 saturated heterocycles. The standard InChI is InChI=1S/C23H24ClFN2O5/c1-26(2)9-10-27-20(13-5-7-14(25)8-6-13)19(22(29)23(27)30)21(28)15-11-18(32-4)16(24)12-17(15)31-3/h5-8,11-12,20,28H,9-10H2,1-4H3/b21-19+. The first kappa shape index (κ1) is 23.6. The second-order valence-corrected chi connectivity index (χ2v) is 7.94. The third-order valence-corrected chi connectivity index (χ3v) is 5.54. The number of likely N-dealkylation sites (N-methyl/N-ethyl adjacent to an activating group) is 1. The molecular weight excluding hydrogens is 439 g/mol. The molecule has 0 saturated carbocycles. The van der Waals surface area contributed by atoms with Crippen molar-refractivity contribution in [1.29, 1.82) is 0 Å². The van der Waals surface area contributed by atoms with E-state index in [4.69, 9.17) is 21.1 Å². The third kappa shape index (κ3) is 4.42. The highest BCUT2D eigenvalue weighted by Crippen LogP contribution is 2.42. The van der Waals surface area contributed by atoms with Crippen LogP contribution in [0.5, 0.6) is 11.5 Å². The van der Waals surface area contributed by atoms with Gasteiger partial charge in [0.25, 0.3) is 11.7 Å². The van der Waals surface area contributed by atoms with E-state index < -0.39 is 29.3 Å². The largest absolute Gasteiger partial charge is 0.507 e. The molecule has 32 heavy (non-hydrogen) atoms. The number of ketones is 1. The molecule has 1 unspecified atom stereocenters. The lowest BCUT2D eigenvalue weighted by atomic mass is 9.95. The molecule has 0 radical (unpaired) electrons. The Labute approximate surface area is 190 Å². The molecule has 1 atom stereocenters. The number of Topliss-reactive ketones (excluding diaryl/α,β-unsaturated/α-hetero) is 1. The Morgan fingerprint density at radius 1 is 1.12 bits per heavy atom. The molecule has 9 heteroatoms. The first-order valence-electron chi connectivity index (χ1n) is 9.80. The second kappa shape index (κ2) is 9.58. The summed E-state index contributed by atoms with van der Waals surface area (Å²) in [7, 11) is 6.49. The Balaban J connectivity index is 2.23. The van der Waals surface area contributed by atoms with Crippen LogP contribution in [0.4, 0.5) is 4.39 Å². The summed E-state index contributed by atoms with van der Waals surface area (Å²) in [6.07, 6.45) is 0. The maximum absolute atomic E-state index is 13.6. The molecule has 1 amide bonds. The van der Waals surface area contributed by atoms with Crippen LogP contribution in [0, 0.1) is 5.82 Å². The lowest BCUT2D eigenvalue weighted by molar-refractivity contribution is -0.140. The van der Waals surface area contributed by atoms with Crippen LogP contribution < -0.4 is 9.47 Å². The van der Waals surface area contributed by atoms with Crippen molar-refractivity contribution in [2.75, 3.05) is 41.4 Å². The van der Waals surface area contributed by atoms with Crippen LogP contribution in [0.15, 0.2) is 42.0 Å². The normalized spacial score (nSPS) is 17.8. The lowest BCUT2D eigenvalue weighted by Crippen LogP contribution is -2.35. The van der Waals surface area contributed by atoms with Gasteiger partial charge in [-0.15, -0.1) is 0 Å². The summed E-state index contributed by atoms with van der Waals surface area (Å²) in [6.45, 7) is 0.723. The summed E-state index contributed by atoms with van der Waals surface area (Å²) in [5.74, 6) is -2.02. The van der Waals surface area contributed by atoms with Gasteiger partial charge in [0.15, 0.2) is 0 Å². The average molecular weight is 463 g/mol. The van der Waals surface area contributed by atoms with Gasteiger partial charge in [0.2, 0.25) is 0 Å². The maximum atomic E-state index is 13.6. The van der Waals surface area contributed by atoms with E-state index in [1.54, 1.807) is 0 Å². The number of methoxy groups -OCH3 is 2. The van der Waals surface area contributed by atoms with E-state index in [1.165, 1.54) is 55.5 Å². The van der Waals surface area contributed by atoms with Gasteiger partial charge in [0.1, 0.15) is 23.1 Å². The van der Waals surface area contributed by atoms with Gasteiger partial charge in [-0.05, 0) is 37.9 Å². The highest BCUT2D eigenvalue weighted by atomic mass is 35.5. The maximum Gasteiger partial charge on any atom is 0.295 e. The number of aliphatic hydroxyl groups excluding tert-OH is 1. The lowest BCUT2D eigenvalue weighted by Gasteiger charge is -2.26. The predicted octanol–water partition coefficient (Wildman–Crippen LogP) is 3.48. The molecule has 1 fully saturated rings. The molecule has 0 spiro atoms. The van der Waals surface area contributed by atoms with Gasteiger partial charge in [-0.1, -0.05) is 23.7 Å². The van der Waals surface area contributed by atoms with Crippen LogP contribution in [0.3, 0.4) is 0 Å². The predicted molar refractivity (Wildman–Crippen MR) is 119 cm³/mol. The van der Waals surface area contributed by atoms with Crippen molar-refractivity contribution in [3.05, 3.63) is 63.9 Å². The number of carbonyl (C=O) groups is 2. The Kier molecular flexibility index (Phi) is 7.06. The van der Waals surface area contributed by atoms with Crippen LogP contribution in [-0.2, 0) is 9.59 Å². The van der Waals surface area contributed by atoms with E-state index in [0.29, 0.717) is 12.1 Å². The van der Waals surface area contributed by atoms with Gasteiger partial charge in [0.05, 0.1) is 36.4 Å². The van der Waals surface area contributed by atoms with E-state index in [9.17, 15) is 19.1 Å². The van der Waals surface area contributed by atoms with Gasteiger partial charge in [-0.2, -0.15) is 0 Å². The molecule has 170 valence electrons. The van der Waals surface area contributed by atoms with Crippen LogP contribution in [0.1, 0.15) is 17.2 Å². The van der Waals surface area contributed by atoms with Gasteiger partial charge >= 0.3 is 0 Å². The zero-order valence-electron chi connectivity index (χ0n) is 18.2. The van der Waals surface area contributed by atoms with Crippen LogP contribution in [0.25, 0.3) is 5.76 Å². The van der Waals surface area contributed by atoms with Crippen molar-refractivity contribution in [1.82, 2.24) is 9.80 Å². The van der Waals surface area contributed by atoms with Crippen molar-refractivity contribution in [2.45, 2.75) is 6.04 Å². The number of amides is 1. The topological polar surface area (TPSA) is 79.3 Å². The molecule has 0 aliphatic carbocycles. The molecule has 0 aromatic heterocycles. The molecule has 2 aromatic rings. The zero-order chi connectivity index (χ0) is 23.6. The quantitative estimate of drug-likeness (QED) is 0.385. The number of hydrogen-bond acceptors (Lipinski definition) is 6. The SMILES string of the molecule is COc1cc(/C(O)=C2\C(=O)C(=O)N(CCN(C)C)C2c2ccc(F)cc2)c(OC)cc1Cl. The summed E-state index contributed by atoms with van der Waals surface area (Å²) in [5, 5.41) is 11.5. The summed E-state index contributed by atoms with van der Waals surface area (Å²) < 4.78 is 24.1. The highest BCUT2D eigenvalue weighted by Gasteiger charge is 2.46. The average Bonchev–Trinajstić information content (AvgIpc) is 3.02. The van der Waals surface area contributed by atoms with Crippen molar-refractivity contribution in [2.24, 2.45) is 0 Å². The Morgan fingerprint density at radius 3 is 2.31 bits per heavy atom. The first-order chi connectivity index (χ1) is 15.2.